The van der Waals surface area contributed by atoms with Crippen molar-refractivity contribution in [3.05, 3.63) is 132 Å². The van der Waals surface area contributed by atoms with E-state index in [1.165, 1.54) is 7.11 Å². The molecule has 14 heteroatoms. The van der Waals surface area contributed by atoms with E-state index in [4.69, 9.17) is 54.8 Å². The van der Waals surface area contributed by atoms with Gasteiger partial charge in [0.15, 0.2) is 11.6 Å². The zero-order valence-electron chi connectivity index (χ0n) is 33.1. The number of nitrogens with zero attached hydrogens (tertiary/aromatic N) is 5. The predicted octanol–water partition coefficient (Wildman–Crippen LogP) is 10.2. The van der Waals surface area contributed by atoms with Crippen LogP contribution in [0.1, 0.15) is 101 Å². The Hall–Kier alpha value is -4.86. The number of methoxy groups -OCH3 is 1. The Labute approximate surface area is 372 Å². The summed E-state index contributed by atoms with van der Waals surface area (Å²) >= 11 is 21.6. The van der Waals surface area contributed by atoms with Crippen LogP contribution in [0.25, 0.3) is 0 Å². The molecular weight excluding hydrogens is 889 g/mol. The molecule has 2 amide bonds. The van der Waals surface area contributed by atoms with Gasteiger partial charge in [-0.05, 0) is 134 Å². The molecule has 308 valence electrons. The Bertz CT molecular complexity index is 2470. The number of aryl methyl sites for hydroxylation is 1. The lowest BCUT2D eigenvalue weighted by Crippen LogP contribution is -2.50. The van der Waals surface area contributed by atoms with Gasteiger partial charge in [-0.2, -0.15) is 5.26 Å². The molecule has 2 heterocycles. The monoisotopic (exact) mass is 927 g/mol. The molecule has 0 saturated heterocycles. The lowest BCUT2D eigenvalue weighted by Gasteiger charge is -2.38. The van der Waals surface area contributed by atoms with E-state index in [9.17, 15) is 19.2 Å². The summed E-state index contributed by atoms with van der Waals surface area (Å²) in [5.74, 6) is -0.398. The minimum absolute atomic E-state index is 0.0316. The number of Topliss-reactive ketones (excluding diaryl/α,β-unsaturated/α-hetero) is 2. The number of hydrogen-bond acceptors (Lipinski definition) is 8. The van der Waals surface area contributed by atoms with Crippen LogP contribution in [-0.4, -0.2) is 76.1 Å². The molecule has 2 spiro atoms. The lowest BCUT2D eigenvalue weighted by atomic mass is 9.88. The van der Waals surface area contributed by atoms with Crippen molar-refractivity contribution in [1.82, 2.24) is 9.80 Å². The van der Waals surface area contributed by atoms with E-state index in [1.54, 1.807) is 88.7 Å². The van der Waals surface area contributed by atoms with Crippen molar-refractivity contribution in [3.8, 4) is 11.8 Å². The molecule has 0 radical (unpaired) electrons. The summed E-state index contributed by atoms with van der Waals surface area (Å²) in [5, 5.41) is 10.6. The summed E-state index contributed by atoms with van der Waals surface area (Å²) in [6.45, 7) is 1.75. The summed E-state index contributed by atoms with van der Waals surface area (Å²) in [4.78, 5) is 66.0. The highest BCUT2D eigenvalue weighted by molar-refractivity contribution is 9.10. The lowest BCUT2D eigenvalue weighted by molar-refractivity contribution is -0.128. The van der Waals surface area contributed by atoms with Gasteiger partial charge >= 0.3 is 0 Å². The minimum Gasteiger partial charge on any atom is -0.496 e. The second-order valence-electron chi connectivity index (χ2n) is 15.4. The number of ketones is 2. The molecule has 0 bridgehead atoms. The SMILES string of the molecule is COc1cc(Cl)c(C)cc1C(=O)CN1C(=O)C(c2ccc(Cl)cc2)=NC12CCCCC2.N#Cc1ccc(C2=NC3(CCCC3)N(CC(=O)c3ccc(Cl)c(Br)c3)C2=O)cc1. The molecule has 2 aliphatic heterocycles. The fraction of sp³-hybridized carbons (Fsp3) is 0.326. The van der Waals surface area contributed by atoms with Gasteiger partial charge in [-0.1, -0.05) is 65.5 Å². The average molecular weight is 930 g/mol. The number of amides is 2. The first-order valence-corrected chi connectivity index (χ1v) is 21.7. The fourth-order valence-corrected chi connectivity index (χ4v) is 9.17. The Kier molecular flexibility index (Phi) is 13.0. The molecule has 2 aliphatic carbocycles. The summed E-state index contributed by atoms with van der Waals surface area (Å²) < 4.78 is 6.02. The van der Waals surface area contributed by atoms with Crippen LogP contribution in [0.5, 0.6) is 5.75 Å². The van der Waals surface area contributed by atoms with E-state index in [1.807, 2.05) is 6.92 Å². The van der Waals surface area contributed by atoms with E-state index in [2.05, 4.69) is 22.0 Å². The van der Waals surface area contributed by atoms with Crippen LogP contribution < -0.4 is 4.74 Å². The van der Waals surface area contributed by atoms with Crippen molar-refractivity contribution in [3.63, 3.8) is 0 Å². The number of ether oxygens (including phenoxy) is 1. The van der Waals surface area contributed by atoms with Crippen LogP contribution in [0, 0.1) is 18.3 Å². The highest BCUT2D eigenvalue weighted by atomic mass is 79.9. The van der Waals surface area contributed by atoms with Crippen molar-refractivity contribution >= 4 is 85.5 Å². The summed E-state index contributed by atoms with van der Waals surface area (Å²) in [6.07, 6.45) is 7.97. The molecule has 2 saturated carbocycles. The van der Waals surface area contributed by atoms with Gasteiger partial charge in [-0.3, -0.25) is 29.2 Å². The van der Waals surface area contributed by atoms with Crippen LogP contribution in [0.4, 0.5) is 0 Å². The van der Waals surface area contributed by atoms with E-state index < -0.39 is 11.3 Å². The molecule has 0 aromatic heterocycles. The number of benzene rings is 4. The van der Waals surface area contributed by atoms with Gasteiger partial charge < -0.3 is 14.5 Å². The minimum atomic E-state index is -0.672. The van der Waals surface area contributed by atoms with Crippen LogP contribution >= 0.6 is 50.7 Å². The Morgan fingerprint density at radius 3 is 1.77 bits per heavy atom. The summed E-state index contributed by atoms with van der Waals surface area (Å²) in [7, 11) is 1.50. The summed E-state index contributed by atoms with van der Waals surface area (Å²) in [6, 6.07) is 24.3. The van der Waals surface area contributed by atoms with Crippen LogP contribution in [0.3, 0.4) is 0 Å². The third-order valence-corrected chi connectivity index (χ3v) is 13.5. The molecule has 2 fully saturated rings. The van der Waals surface area contributed by atoms with Crippen LogP contribution in [-0.2, 0) is 9.59 Å². The van der Waals surface area contributed by atoms with Gasteiger partial charge in [0.1, 0.15) is 28.5 Å². The largest absolute Gasteiger partial charge is 0.496 e. The van der Waals surface area contributed by atoms with Gasteiger partial charge in [0.25, 0.3) is 11.8 Å². The van der Waals surface area contributed by atoms with Crippen LogP contribution in [0.15, 0.2) is 93.3 Å². The second-order valence-corrected chi connectivity index (χ2v) is 17.5. The molecule has 0 N–H and O–H groups in total. The van der Waals surface area contributed by atoms with Gasteiger partial charge in [-0.15, -0.1) is 0 Å². The Morgan fingerprint density at radius 2 is 1.25 bits per heavy atom. The van der Waals surface area contributed by atoms with E-state index in [0.717, 1.165) is 63.4 Å². The molecule has 4 aromatic carbocycles. The van der Waals surface area contributed by atoms with Gasteiger partial charge in [0, 0.05) is 31.2 Å². The summed E-state index contributed by atoms with van der Waals surface area (Å²) in [5.41, 5.74) is 3.04. The average Bonchev–Trinajstić information content (AvgIpc) is 3.91. The highest BCUT2D eigenvalue weighted by Gasteiger charge is 2.50. The van der Waals surface area contributed by atoms with Crippen molar-refractivity contribution in [1.29, 1.82) is 5.26 Å². The first kappa shape index (κ1) is 43.2. The first-order valence-electron chi connectivity index (χ1n) is 19.7. The van der Waals surface area contributed by atoms with E-state index >= 15 is 0 Å². The van der Waals surface area contributed by atoms with Gasteiger partial charge in [0.2, 0.25) is 0 Å². The molecular formula is C46H41BrCl3N5O5. The predicted molar refractivity (Wildman–Crippen MR) is 237 cm³/mol. The van der Waals surface area contributed by atoms with E-state index in [-0.39, 0.29) is 36.5 Å². The Morgan fingerprint density at radius 1 is 0.733 bits per heavy atom. The van der Waals surface area contributed by atoms with Crippen molar-refractivity contribution in [2.45, 2.75) is 76.0 Å². The Balaban J connectivity index is 0.000000182. The number of hydrogen-bond donors (Lipinski definition) is 0. The molecule has 4 aliphatic rings. The maximum Gasteiger partial charge on any atom is 0.275 e. The zero-order chi connectivity index (χ0) is 42.8. The highest BCUT2D eigenvalue weighted by Crippen LogP contribution is 2.42. The third-order valence-electron chi connectivity index (χ3n) is 11.6. The van der Waals surface area contributed by atoms with Gasteiger partial charge in [-0.25, -0.2) is 0 Å². The van der Waals surface area contributed by atoms with Gasteiger partial charge in [0.05, 0.1) is 42.4 Å². The molecule has 8 rings (SSSR count). The third kappa shape index (κ3) is 8.66. The maximum atomic E-state index is 13.5. The molecule has 0 unspecified atom stereocenters. The number of halogens is 4. The fourth-order valence-electron chi connectivity index (χ4n) is 8.40. The van der Waals surface area contributed by atoms with Crippen molar-refractivity contribution < 1.29 is 23.9 Å². The normalized spacial score (nSPS) is 17.6. The number of carbonyl (C=O) groups excluding carboxylic acids is 4. The zero-order valence-corrected chi connectivity index (χ0v) is 36.9. The van der Waals surface area contributed by atoms with E-state index in [0.29, 0.717) is 64.5 Å². The molecule has 60 heavy (non-hydrogen) atoms. The quantitative estimate of drug-likeness (QED) is 0.154. The first-order chi connectivity index (χ1) is 28.8. The maximum absolute atomic E-state index is 13.5. The molecule has 10 nitrogen and oxygen atoms in total. The number of carbonyl (C=O) groups is 4. The number of aliphatic imine (C=N–C) groups is 2. The standard InChI is InChI=1S/C24H24Cl2N2O3.C22H17BrClN3O2/c1-15-12-18(21(31-2)13-19(15)26)20(29)14-28-23(30)22(16-6-8-17(25)9-7-16)27-24(28)10-4-3-5-11-24;23-17-11-16(7-8-18(17)24)19(28)13-27-21(29)20(26-22(27)9-1-2-10-22)15-5-3-14(12-25)4-6-15/h6-9,12-13H,3-5,10-11,14H2,1-2H3;3-8,11H,1-2,9-10,13H2. The molecule has 0 atom stereocenters. The van der Waals surface area contributed by atoms with Crippen molar-refractivity contribution in [2.75, 3.05) is 20.2 Å². The van der Waals surface area contributed by atoms with Crippen molar-refractivity contribution in [2.24, 2.45) is 9.98 Å². The second kappa shape index (κ2) is 18.0. The molecule has 4 aromatic rings. The number of nitriles is 1. The topological polar surface area (TPSA) is 132 Å². The number of rotatable bonds is 9. The van der Waals surface area contributed by atoms with Crippen LogP contribution in [0.2, 0.25) is 15.1 Å². The smallest absolute Gasteiger partial charge is 0.275 e.